The maximum Gasteiger partial charge on any atom is 4.00 e. The number of halogens is 1. The van der Waals surface area contributed by atoms with Gasteiger partial charge in [0.05, 0.1) is 0 Å². The molecule has 146 valence electrons. The van der Waals surface area contributed by atoms with Gasteiger partial charge < -0.3 is 21.3 Å². The second kappa shape index (κ2) is 13.4. The Bertz CT molecular complexity index is 348. The van der Waals surface area contributed by atoms with E-state index < -0.39 is 8.41 Å². The Labute approximate surface area is 177 Å². The number of rotatable bonds is 1. The van der Waals surface area contributed by atoms with E-state index in [9.17, 15) is 4.11 Å². The summed E-state index contributed by atoms with van der Waals surface area (Å²) in [5, 5.41) is 0.891. The molecule has 0 heterocycles. The molecule has 1 aromatic rings. The molecule has 0 aliphatic heterocycles. The van der Waals surface area contributed by atoms with E-state index >= 15 is 0 Å². The summed E-state index contributed by atoms with van der Waals surface area (Å²) in [5.41, 5.74) is 20.1. The van der Waals surface area contributed by atoms with Crippen LogP contribution in [0, 0.1) is 0 Å². The molecule has 25 heavy (non-hydrogen) atoms. The normalized spacial score (nSPS) is 11.5. The van der Waals surface area contributed by atoms with E-state index in [0.29, 0.717) is 0 Å². The quantitative estimate of drug-likeness (QED) is 0.246. The first kappa shape index (κ1) is 32.9. The fraction of sp³-hybridized carbons (Fsp3) is 0.737. The van der Waals surface area contributed by atoms with Gasteiger partial charge in [0.25, 0.3) is 0 Å². The molecular formula is C19H40FN3SiZr. The van der Waals surface area contributed by atoms with Gasteiger partial charge in [-0.25, -0.2) is 12.1 Å². The molecule has 0 bridgehead atoms. The van der Waals surface area contributed by atoms with Gasteiger partial charge in [-0.3, -0.25) is 0 Å². The maximum atomic E-state index is 13.1. The third kappa shape index (κ3) is 68.4. The molecule has 0 unspecified atom stereocenters. The average Bonchev–Trinajstić information content (AvgIpc) is 2.58. The van der Waals surface area contributed by atoms with Crippen molar-refractivity contribution in [2.24, 2.45) is 0 Å². The Balaban J connectivity index is -0.000000122. The zero-order valence-electron chi connectivity index (χ0n) is 18.2. The first-order chi connectivity index (χ1) is 10.1. The van der Waals surface area contributed by atoms with Crippen molar-refractivity contribution in [3.63, 3.8) is 0 Å². The van der Waals surface area contributed by atoms with Crippen molar-refractivity contribution in [1.29, 1.82) is 0 Å². The summed E-state index contributed by atoms with van der Waals surface area (Å²) in [4.78, 5) is 0. The summed E-state index contributed by atoms with van der Waals surface area (Å²) in [6.45, 7) is 20.1. The van der Waals surface area contributed by atoms with Gasteiger partial charge in [-0.15, -0.1) is 21.8 Å². The SMILES string of the molecule is CC(C)(C)[NH-].CC(C)(C)[NH-].CC(C)(C)[NH-].C[Si](C)(F)[c-]1cccc1.[Zr+4]. The minimum atomic E-state index is -2.48. The van der Waals surface area contributed by atoms with Crippen LogP contribution in [0.25, 0.3) is 17.2 Å². The second-order valence-electron chi connectivity index (χ2n) is 9.40. The van der Waals surface area contributed by atoms with Crippen molar-refractivity contribution in [2.45, 2.75) is 92.0 Å². The Morgan fingerprint density at radius 2 is 0.840 bits per heavy atom. The zero-order valence-corrected chi connectivity index (χ0v) is 21.6. The standard InChI is InChI=1S/C7H10FSi.3C4H10N.Zr/c1-9(2,8)7-5-3-4-6-7;3*1-4(2,3)5;/h3-6H,1-2H3;3*5H,1-3H3;/q4*-1;+4. The van der Waals surface area contributed by atoms with Crippen molar-refractivity contribution >= 4 is 13.6 Å². The first-order valence-corrected chi connectivity index (χ1v) is 11.1. The van der Waals surface area contributed by atoms with Crippen LogP contribution in [0.5, 0.6) is 0 Å². The fourth-order valence-electron chi connectivity index (χ4n) is 0.770. The summed E-state index contributed by atoms with van der Waals surface area (Å²) in [5.74, 6) is 0. The van der Waals surface area contributed by atoms with E-state index in [1.807, 2.05) is 86.6 Å². The Hall–Kier alpha value is 0.260. The molecular weight excluding hydrogens is 409 g/mol. The van der Waals surface area contributed by atoms with E-state index in [2.05, 4.69) is 0 Å². The molecule has 0 radical (unpaired) electrons. The zero-order chi connectivity index (χ0) is 20.4. The second-order valence-corrected chi connectivity index (χ2v) is 12.9. The van der Waals surface area contributed by atoms with E-state index in [1.165, 1.54) is 0 Å². The molecule has 3 N–H and O–H groups in total. The number of nitrogens with one attached hydrogen (secondary N) is 3. The van der Waals surface area contributed by atoms with Gasteiger partial charge in [-0.05, 0) is 13.1 Å². The average molecular weight is 449 g/mol. The van der Waals surface area contributed by atoms with Crippen LogP contribution in [-0.2, 0) is 26.2 Å². The first-order valence-electron chi connectivity index (χ1n) is 8.27. The van der Waals surface area contributed by atoms with Gasteiger partial charge in [0.15, 0.2) is 0 Å². The molecule has 0 aliphatic carbocycles. The van der Waals surface area contributed by atoms with Crippen molar-refractivity contribution in [1.82, 2.24) is 0 Å². The van der Waals surface area contributed by atoms with E-state index in [1.54, 1.807) is 13.1 Å². The number of hydrogen-bond donors (Lipinski definition) is 0. The van der Waals surface area contributed by atoms with Crippen LogP contribution >= 0.6 is 0 Å². The molecule has 3 nitrogen and oxygen atoms in total. The van der Waals surface area contributed by atoms with Crippen LogP contribution in [0.2, 0.25) is 13.1 Å². The van der Waals surface area contributed by atoms with Crippen molar-refractivity contribution < 1.29 is 30.3 Å². The van der Waals surface area contributed by atoms with Gasteiger partial charge in [0.2, 0.25) is 8.41 Å². The van der Waals surface area contributed by atoms with Crippen LogP contribution in [0.1, 0.15) is 62.3 Å². The summed E-state index contributed by atoms with van der Waals surface area (Å²) in [6, 6.07) is 7.46. The Kier molecular flexibility index (Phi) is 17.7. The topological polar surface area (TPSA) is 71.4 Å². The minimum absolute atomic E-state index is 0. The predicted octanol–water partition coefficient (Wildman–Crippen LogP) is 7.30. The molecule has 6 heteroatoms. The summed E-state index contributed by atoms with van der Waals surface area (Å²) in [7, 11) is -2.48. The molecule has 1 rings (SSSR count). The van der Waals surface area contributed by atoms with Crippen molar-refractivity contribution in [3.8, 4) is 0 Å². The van der Waals surface area contributed by atoms with Crippen molar-refractivity contribution in [3.05, 3.63) is 41.5 Å². The third-order valence-electron chi connectivity index (χ3n) is 1.35. The minimum Gasteiger partial charge on any atom is -0.673 e. The van der Waals surface area contributed by atoms with E-state index in [-0.39, 0.29) is 42.8 Å². The Morgan fingerprint density at radius 1 is 0.680 bits per heavy atom. The molecule has 0 aliphatic rings. The van der Waals surface area contributed by atoms with Gasteiger partial charge in [0, 0.05) is 0 Å². The van der Waals surface area contributed by atoms with Gasteiger partial charge in [0.1, 0.15) is 0 Å². The molecule has 1 aromatic carbocycles. The maximum absolute atomic E-state index is 13.1. The van der Waals surface area contributed by atoms with Crippen LogP contribution in [-0.4, -0.2) is 25.0 Å². The van der Waals surface area contributed by atoms with Gasteiger partial charge >= 0.3 is 26.2 Å². The van der Waals surface area contributed by atoms with Crippen molar-refractivity contribution in [2.75, 3.05) is 0 Å². The number of hydrogen-bond acceptors (Lipinski definition) is 0. The van der Waals surface area contributed by atoms with Gasteiger partial charge in [-0.1, -0.05) is 62.3 Å². The van der Waals surface area contributed by atoms with Crippen LogP contribution in [0.3, 0.4) is 0 Å². The molecule has 0 saturated carbocycles. The molecule has 0 saturated heterocycles. The fourth-order valence-corrected chi connectivity index (χ4v) is 1.76. The van der Waals surface area contributed by atoms with Crippen LogP contribution in [0.4, 0.5) is 4.11 Å². The Morgan fingerprint density at radius 3 is 0.920 bits per heavy atom. The molecule has 0 aromatic heterocycles. The molecule has 0 fully saturated rings. The monoisotopic (exact) mass is 447 g/mol. The molecule has 0 atom stereocenters. The van der Waals surface area contributed by atoms with Gasteiger partial charge in [-0.2, -0.15) is 12.1 Å². The third-order valence-corrected chi connectivity index (χ3v) is 3.06. The van der Waals surface area contributed by atoms with Crippen LogP contribution in [0.15, 0.2) is 24.3 Å². The summed E-state index contributed by atoms with van der Waals surface area (Å²) in [6.07, 6.45) is 0. The predicted molar refractivity (Wildman–Crippen MR) is 112 cm³/mol. The summed E-state index contributed by atoms with van der Waals surface area (Å²) < 4.78 is 13.1. The largest absolute Gasteiger partial charge is 4.00 e. The molecule has 0 spiro atoms. The summed E-state index contributed by atoms with van der Waals surface area (Å²) >= 11 is 0. The van der Waals surface area contributed by atoms with E-state index in [0.717, 1.165) is 5.19 Å². The van der Waals surface area contributed by atoms with Crippen LogP contribution < -0.4 is 5.19 Å². The smallest absolute Gasteiger partial charge is 0.673 e. The van der Waals surface area contributed by atoms with E-state index in [4.69, 9.17) is 17.2 Å². The molecule has 0 amide bonds.